The summed E-state index contributed by atoms with van der Waals surface area (Å²) in [6, 6.07) is 19.4. The zero-order chi connectivity index (χ0) is 22.0. The lowest BCUT2D eigenvalue weighted by atomic mass is 10.1. The molecule has 5 rings (SSSR count). The van der Waals surface area contributed by atoms with Gasteiger partial charge in [-0.2, -0.15) is 0 Å². The number of fused-ring (bicyclic) bond motifs is 1. The van der Waals surface area contributed by atoms with Gasteiger partial charge in [0.25, 0.3) is 10.0 Å². The lowest BCUT2D eigenvalue weighted by Crippen LogP contribution is -2.12. The Morgan fingerprint density at radius 1 is 0.688 bits per heavy atom. The van der Waals surface area contributed by atoms with E-state index in [4.69, 9.17) is 4.98 Å². The van der Waals surface area contributed by atoms with Crippen LogP contribution in [-0.2, 0) is 10.0 Å². The number of benzene rings is 2. The molecule has 0 fully saturated rings. The average Bonchev–Trinajstić information content (AvgIpc) is 2.84. The van der Waals surface area contributed by atoms with Gasteiger partial charge in [0.15, 0.2) is 0 Å². The molecule has 0 unspecified atom stereocenters. The monoisotopic (exact) mass is 439 g/mol. The van der Waals surface area contributed by atoms with Crippen LogP contribution in [-0.4, -0.2) is 28.4 Å². The number of hydrogen-bond donors (Lipinski definition) is 1. The van der Waals surface area contributed by atoms with E-state index in [-0.39, 0.29) is 4.90 Å². The van der Waals surface area contributed by atoms with Crippen molar-refractivity contribution < 1.29 is 8.42 Å². The minimum Gasteiger partial charge on any atom is -0.278 e. The fraction of sp³-hybridized carbons (Fsp3) is 0. The van der Waals surface area contributed by atoms with Crippen molar-refractivity contribution in [1.29, 1.82) is 0 Å². The third kappa shape index (κ3) is 4.03. The lowest BCUT2D eigenvalue weighted by Gasteiger charge is -2.10. The number of anilines is 1. The normalized spacial score (nSPS) is 11.4. The van der Waals surface area contributed by atoms with Gasteiger partial charge >= 0.3 is 0 Å². The van der Waals surface area contributed by atoms with Crippen LogP contribution in [0.3, 0.4) is 0 Å². The van der Waals surface area contributed by atoms with Crippen LogP contribution in [0.2, 0.25) is 0 Å². The van der Waals surface area contributed by atoms with E-state index < -0.39 is 10.0 Å². The van der Waals surface area contributed by atoms with Gasteiger partial charge in [-0.3, -0.25) is 19.7 Å². The van der Waals surface area contributed by atoms with Gasteiger partial charge in [-0.15, -0.1) is 0 Å². The molecule has 5 aromatic rings. The predicted octanol–water partition coefficient (Wildman–Crippen LogP) is 4.55. The summed E-state index contributed by atoms with van der Waals surface area (Å²) in [7, 11) is -3.70. The van der Waals surface area contributed by atoms with E-state index in [0.29, 0.717) is 5.69 Å². The van der Waals surface area contributed by atoms with Crippen LogP contribution in [0.4, 0.5) is 5.69 Å². The Morgan fingerprint density at radius 3 is 2.31 bits per heavy atom. The van der Waals surface area contributed by atoms with E-state index in [2.05, 4.69) is 19.7 Å². The van der Waals surface area contributed by atoms with Gasteiger partial charge in [0.05, 0.1) is 39.7 Å². The fourth-order valence-electron chi connectivity index (χ4n) is 3.32. The van der Waals surface area contributed by atoms with Crippen LogP contribution in [0.25, 0.3) is 33.4 Å². The van der Waals surface area contributed by atoms with Crippen molar-refractivity contribution in [3.63, 3.8) is 0 Å². The Kier molecular flexibility index (Phi) is 5.04. The van der Waals surface area contributed by atoms with Crippen LogP contribution in [0.15, 0.2) is 103 Å². The number of sulfonamides is 1. The predicted molar refractivity (Wildman–Crippen MR) is 123 cm³/mol. The summed E-state index contributed by atoms with van der Waals surface area (Å²) >= 11 is 0. The maximum Gasteiger partial charge on any atom is 0.261 e. The van der Waals surface area contributed by atoms with Gasteiger partial charge < -0.3 is 0 Å². The molecule has 0 amide bonds. The molecule has 8 heteroatoms. The summed E-state index contributed by atoms with van der Waals surface area (Å²) in [5.74, 6) is 0. The molecule has 7 nitrogen and oxygen atoms in total. The van der Waals surface area contributed by atoms with Gasteiger partial charge in [0.2, 0.25) is 0 Å². The molecule has 3 aromatic heterocycles. The second-order valence-electron chi connectivity index (χ2n) is 7.08. The second-order valence-corrected chi connectivity index (χ2v) is 8.76. The molecule has 0 atom stereocenters. The Balaban J connectivity index is 1.49. The van der Waals surface area contributed by atoms with Gasteiger partial charge in [-0.05, 0) is 48.0 Å². The van der Waals surface area contributed by atoms with Crippen LogP contribution in [0.5, 0.6) is 0 Å². The first-order chi connectivity index (χ1) is 15.6. The van der Waals surface area contributed by atoms with E-state index in [1.807, 2.05) is 30.3 Å². The molecule has 32 heavy (non-hydrogen) atoms. The average molecular weight is 440 g/mol. The van der Waals surface area contributed by atoms with Crippen molar-refractivity contribution in [3.05, 3.63) is 97.7 Å². The smallest absolute Gasteiger partial charge is 0.261 e. The van der Waals surface area contributed by atoms with Gasteiger partial charge in [0, 0.05) is 29.7 Å². The summed E-state index contributed by atoms with van der Waals surface area (Å²) in [5, 5.41) is 0. The molecule has 1 N–H and O–H groups in total. The van der Waals surface area contributed by atoms with Gasteiger partial charge in [-0.1, -0.05) is 24.3 Å². The van der Waals surface area contributed by atoms with Gasteiger partial charge in [0.1, 0.15) is 0 Å². The first-order valence-electron chi connectivity index (χ1n) is 9.79. The zero-order valence-electron chi connectivity index (χ0n) is 16.8. The molecular weight excluding hydrogens is 422 g/mol. The molecule has 3 heterocycles. The standard InChI is InChI=1S/C24H17N5O2S/c30-32(31,21-4-2-1-3-5-21)29-20-12-19(14-26-15-20)18-6-7-22-23(13-18)28-24(16-27-22)17-8-10-25-11-9-17/h1-16,29H. The number of nitrogens with zero attached hydrogens (tertiary/aromatic N) is 4. The molecule has 0 saturated heterocycles. The SMILES string of the molecule is O=S(=O)(Nc1cncc(-c2ccc3ncc(-c4ccncc4)nc3c2)c1)c1ccccc1. The van der Waals surface area contributed by atoms with Crippen molar-refractivity contribution in [3.8, 4) is 22.4 Å². The Hall–Kier alpha value is -4.17. The number of hydrogen-bond acceptors (Lipinski definition) is 6. The van der Waals surface area contributed by atoms with E-state index in [1.54, 1.807) is 61.2 Å². The first kappa shape index (κ1) is 19.8. The molecule has 0 radical (unpaired) electrons. The number of rotatable bonds is 5. The highest BCUT2D eigenvalue weighted by Gasteiger charge is 2.14. The number of nitrogens with one attached hydrogen (secondary N) is 1. The van der Waals surface area contributed by atoms with Crippen LogP contribution in [0, 0.1) is 0 Å². The highest BCUT2D eigenvalue weighted by Crippen LogP contribution is 2.26. The van der Waals surface area contributed by atoms with E-state index >= 15 is 0 Å². The third-order valence-corrected chi connectivity index (χ3v) is 6.29. The summed E-state index contributed by atoms with van der Waals surface area (Å²) in [4.78, 5) is 17.7. The van der Waals surface area contributed by atoms with Crippen molar-refractivity contribution in [2.75, 3.05) is 4.72 Å². The minimum absolute atomic E-state index is 0.190. The maximum absolute atomic E-state index is 12.6. The third-order valence-electron chi connectivity index (χ3n) is 4.90. The quantitative estimate of drug-likeness (QED) is 0.431. The molecule has 0 bridgehead atoms. The summed E-state index contributed by atoms with van der Waals surface area (Å²) in [6.45, 7) is 0. The molecular formula is C24H17N5O2S. The van der Waals surface area contributed by atoms with E-state index in [0.717, 1.165) is 33.4 Å². The highest BCUT2D eigenvalue weighted by atomic mass is 32.2. The zero-order valence-corrected chi connectivity index (χ0v) is 17.6. The Bertz CT molecular complexity index is 1510. The number of pyridine rings is 2. The van der Waals surface area contributed by atoms with Crippen molar-refractivity contribution in [2.24, 2.45) is 0 Å². The fourth-order valence-corrected chi connectivity index (χ4v) is 4.38. The largest absolute Gasteiger partial charge is 0.278 e. The van der Waals surface area contributed by atoms with Gasteiger partial charge in [-0.25, -0.2) is 13.4 Å². The van der Waals surface area contributed by atoms with E-state index in [9.17, 15) is 8.42 Å². The van der Waals surface area contributed by atoms with Crippen LogP contribution < -0.4 is 4.72 Å². The molecule has 0 saturated carbocycles. The maximum atomic E-state index is 12.6. The van der Waals surface area contributed by atoms with Crippen molar-refractivity contribution in [2.45, 2.75) is 4.90 Å². The number of aromatic nitrogens is 4. The molecule has 0 aliphatic rings. The molecule has 156 valence electrons. The molecule has 0 spiro atoms. The summed E-state index contributed by atoms with van der Waals surface area (Å²) < 4.78 is 27.9. The Morgan fingerprint density at radius 2 is 1.50 bits per heavy atom. The summed E-state index contributed by atoms with van der Waals surface area (Å²) in [5.41, 5.74) is 5.16. The minimum atomic E-state index is -3.70. The molecule has 0 aliphatic heterocycles. The molecule has 2 aromatic carbocycles. The molecule has 0 aliphatic carbocycles. The van der Waals surface area contributed by atoms with Crippen LogP contribution >= 0.6 is 0 Å². The second kappa shape index (κ2) is 8.16. The first-order valence-corrected chi connectivity index (χ1v) is 11.3. The Labute approximate surface area is 184 Å². The van der Waals surface area contributed by atoms with Crippen molar-refractivity contribution >= 4 is 26.7 Å². The highest BCUT2D eigenvalue weighted by molar-refractivity contribution is 7.92. The van der Waals surface area contributed by atoms with Crippen LogP contribution in [0.1, 0.15) is 0 Å². The van der Waals surface area contributed by atoms with E-state index in [1.165, 1.54) is 6.20 Å². The topological polar surface area (TPSA) is 97.7 Å². The van der Waals surface area contributed by atoms with Crippen molar-refractivity contribution in [1.82, 2.24) is 19.9 Å². The lowest BCUT2D eigenvalue weighted by molar-refractivity contribution is 0.601. The summed E-state index contributed by atoms with van der Waals surface area (Å²) in [6.07, 6.45) is 8.32.